The molecule has 0 radical (unpaired) electrons. The first kappa shape index (κ1) is 14.8. The predicted octanol–water partition coefficient (Wildman–Crippen LogP) is 5.31. The fourth-order valence-corrected chi connectivity index (χ4v) is 2.12. The van der Waals surface area contributed by atoms with Gasteiger partial charge in [0.05, 0.1) is 15.6 Å². The molecule has 0 amide bonds. The lowest BCUT2D eigenvalue weighted by Crippen LogP contribution is -1.91. The third kappa shape index (κ3) is 3.48. The Bertz CT molecular complexity index is 702. The minimum absolute atomic E-state index is 0.0803. The summed E-state index contributed by atoms with van der Waals surface area (Å²) in [7, 11) is 0. The molecule has 0 atom stereocenters. The maximum absolute atomic E-state index is 10.8. The number of benzene rings is 2. The van der Waals surface area contributed by atoms with E-state index >= 15 is 0 Å². The van der Waals surface area contributed by atoms with Gasteiger partial charge in [0, 0.05) is 17.3 Å². The molecule has 7 heteroatoms. The van der Waals surface area contributed by atoms with E-state index in [9.17, 15) is 10.1 Å². The van der Waals surface area contributed by atoms with Crippen LogP contribution in [-0.4, -0.2) is 11.1 Å². The van der Waals surface area contributed by atoms with Crippen LogP contribution in [-0.2, 0) is 0 Å². The summed E-state index contributed by atoms with van der Waals surface area (Å²) in [6.45, 7) is 0. The zero-order valence-electron chi connectivity index (χ0n) is 9.89. The standard InChI is InChI=1S/C13H7Cl3N2O2/c14-9-2-4-12(11(16)6-9)17-7-8-1-3-10(15)13(5-8)18(19)20/h1-7H. The van der Waals surface area contributed by atoms with Gasteiger partial charge >= 0.3 is 0 Å². The second-order valence-electron chi connectivity index (χ2n) is 3.82. The maximum Gasteiger partial charge on any atom is 0.288 e. The van der Waals surface area contributed by atoms with Crippen LogP contribution in [0.5, 0.6) is 0 Å². The highest BCUT2D eigenvalue weighted by molar-refractivity contribution is 6.36. The first-order valence-corrected chi connectivity index (χ1v) is 6.54. The molecule has 0 saturated heterocycles. The van der Waals surface area contributed by atoms with Crippen LogP contribution < -0.4 is 0 Å². The van der Waals surface area contributed by atoms with Crippen molar-refractivity contribution >= 4 is 52.4 Å². The van der Waals surface area contributed by atoms with Crippen molar-refractivity contribution in [1.82, 2.24) is 0 Å². The molecule has 0 aliphatic rings. The molecule has 0 heterocycles. The smallest absolute Gasteiger partial charge is 0.258 e. The Balaban J connectivity index is 2.32. The van der Waals surface area contributed by atoms with E-state index in [0.29, 0.717) is 21.3 Å². The molecule has 0 N–H and O–H groups in total. The van der Waals surface area contributed by atoms with E-state index in [-0.39, 0.29) is 10.7 Å². The zero-order valence-corrected chi connectivity index (χ0v) is 12.2. The number of aliphatic imine (C=N–C) groups is 1. The molecule has 0 saturated carbocycles. The van der Waals surface area contributed by atoms with Gasteiger partial charge in [-0.05, 0) is 29.8 Å². The molecule has 2 rings (SSSR count). The lowest BCUT2D eigenvalue weighted by atomic mass is 10.2. The monoisotopic (exact) mass is 328 g/mol. The topological polar surface area (TPSA) is 55.5 Å². The Morgan fingerprint density at radius 3 is 2.45 bits per heavy atom. The molecule has 20 heavy (non-hydrogen) atoms. The Labute approximate surface area is 129 Å². The van der Waals surface area contributed by atoms with Gasteiger partial charge in [-0.1, -0.05) is 40.9 Å². The first-order chi connectivity index (χ1) is 9.47. The van der Waals surface area contributed by atoms with Gasteiger partial charge in [-0.25, -0.2) is 0 Å². The fourth-order valence-electron chi connectivity index (χ4n) is 1.48. The molecule has 4 nitrogen and oxygen atoms in total. The first-order valence-electron chi connectivity index (χ1n) is 5.40. The van der Waals surface area contributed by atoms with Gasteiger partial charge in [0.1, 0.15) is 5.02 Å². The van der Waals surface area contributed by atoms with Crippen molar-refractivity contribution in [3.63, 3.8) is 0 Å². The highest BCUT2D eigenvalue weighted by atomic mass is 35.5. The number of nitro groups is 1. The maximum atomic E-state index is 10.8. The summed E-state index contributed by atoms with van der Waals surface area (Å²) < 4.78 is 0. The van der Waals surface area contributed by atoms with Crippen molar-refractivity contribution < 1.29 is 4.92 Å². The highest BCUT2D eigenvalue weighted by Gasteiger charge is 2.11. The third-order valence-electron chi connectivity index (χ3n) is 2.43. The SMILES string of the molecule is O=[N+]([O-])c1cc(C=Nc2ccc(Cl)cc2Cl)ccc1Cl. The van der Waals surface area contributed by atoms with Gasteiger partial charge in [-0.15, -0.1) is 0 Å². The quantitative estimate of drug-likeness (QED) is 0.435. The predicted molar refractivity (Wildman–Crippen MR) is 81.8 cm³/mol. The van der Waals surface area contributed by atoms with Gasteiger partial charge in [-0.3, -0.25) is 15.1 Å². The zero-order chi connectivity index (χ0) is 14.7. The van der Waals surface area contributed by atoms with Crippen LogP contribution in [0.2, 0.25) is 15.1 Å². The Morgan fingerprint density at radius 2 is 1.80 bits per heavy atom. The Kier molecular flexibility index (Phi) is 4.60. The van der Waals surface area contributed by atoms with Gasteiger partial charge in [-0.2, -0.15) is 0 Å². The molecule has 102 valence electrons. The van der Waals surface area contributed by atoms with Crippen LogP contribution >= 0.6 is 34.8 Å². The van der Waals surface area contributed by atoms with E-state index in [2.05, 4.69) is 4.99 Å². The molecule has 0 bridgehead atoms. The van der Waals surface area contributed by atoms with Gasteiger partial charge in [0.25, 0.3) is 5.69 Å². The summed E-state index contributed by atoms with van der Waals surface area (Å²) in [6.07, 6.45) is 1.47. The molecule has 0 unspecified atom stereocenters. The summed E-state index contributed by atoms with van der Waals surface area (Å²) in [6, 6.07) is 9.30. The van der Waals surface area contributed by atoms with Crippen LogP contribution in [0.15, 0.2) is 41.4 Å². The van der Waals surface area contributed by atoms with Crippen molar-refractivity contribution in [1.29, 1.82) is 0 Å². The van der Waals surface area contributed by atoms with Gasteiger partial charge < -0.3 is 0 Å². The highest BCUT2D eigenvalue weighted by Crippen LogP contribution is 2.28. The van der Waals surface area contributed by atoms with E-state index in [1.165, 1.54) is 18.3 Å². The van der Waals surface area contributed by atoms with Crippen LogP contribution in [0.25, 0.3) is 0 Å². The van der Waals surface area contributed by atoms with Crippen LogP contribution in [0.3, 0.4) is 0 Å². The number of hydrogen-bond donors (Lipinski definition) is 0. The van der Waals surface area contributed by atoms with Crippen molar-refractivity contribution in [2.75, 3.05) is 0 Å². The summed E-state index contributed by atoms with van der Waals surface area (Å²) in [4.78, 5) is 14.4. The number of halogens is 3. The summed E-state index contributed by atoms with van der Waals surface area (Å²) in [5.41, 5.74) is 0.901. The summed E-state index contributed by atoms with van der Waals surface area (Å²) in [5, 5.41) is 11.8. The largest absolute Gasteiger partial charge is 0.288 e. The van der Waals surface area contributed by atoms with Gasteiger partial charge in [0.15, 0.2) is 0 Å². The van der Waals surface area contributed by atoms with Crippen LogP contribution in [0.1, 0.15) is 5.56 Å². The fraction of sp³-hybridized carbons (Fsp3) is 0. The van der Waals surface area contributed by atoms with Crippen molar-refractivity contribution in [3.05, 3.63) is 67.1 Å². The normalized spacial score (nSPS) is 10.9. The molecule has 0 aliphatic heterocycles. The van der Waals surface area contributed by atoms with Gasteiger partial charge in [0.2, 0.25) is 0 Å². The van der Waals surface area contributed by atoms with Crippen molar-refractivity contribution in [3.8, 4) is 0 Å². The number of nitrogens with zero attached hydrogens (tertiary/aromatic N) is 2. The lowest BCUT2D eigenvalue weighted by molar-refractivity contribution is -0.384. The summed E-state index contributed by atoms with van der Waals surface area (Å²) >= 11 is 17.5. The van der Waals surface area contributed by atoms with E-state index in [1.54, 1.807) is 24.3 Å². The second-order valence-corrected chi connectivity index (χ2v) is 5.07. The molecular weight excluding hydrogens is 323 g/mol. The minimum Gasteiger partial charge on any atom is -0.258 e. The molecule has 2 aromatic carbocycles. The number of rotatable bonds is 3. The van der Waals surface area contributed by atoms with Crippen LogP contribution in [0, 0.1) is 10.1 Å². The second kappa shape index (κ2) is 6.22. The Morgan fingerprint density at radius 1 is 1.05 bits per heavy atom. The third-order valence-corrected chi connectivity index (χ3v) is 3.29. The molecule has 0 aliphatic carbocycles. The molecule has 0 spiro atoms. The number of nitro benzene ring substituents is 1. The average Bonchev–Trinajstić information content (AvgIpc) is 2.39. The molecular formula is C13H7Cl3N2O2. The van der Waals surface area contributed by atoms with E-state index in [1.807, 2.05) is 0 Å². The van der Waals surface area contributed by atoms with E-state index in [4.69, 9.17) is 34.8 Å². The minimum atomic E-state index is -0.547. The summed E-state index contributed by atoms with van der Waals surface area (Å²) in [5.74, 6) is 0. The molecule has 0 fully saturated rings. The lowest BCUT2D eigenvalue weighted by Gasteiger charge is -1.99. The van der Waals surface area contributed by atoms with Crippen LogP contribution in [0.4, 0.5) is 11.4 Å². The Hall–Kier alpha value is -1.62. The number of hydrogen-bond acceptors (Lipinski definition) is 3. The van der Waals surface area contributed by atoms with Crippen molar-refractivity contribution in [2.24, 2.45) is 4.99 Å². The molecule has 2 aromatic rings. The molecule has 0 aromatic heterocycles. The average molecular weight is 330 g/mol. The van der Waals surface area contributed by atoms with E-state index in [0.717, 1.165) is 0 Å². The van der Waals surface area contributed by atoms with E-state index < -0.39 is 4.92 Å². The van der Waals surface area contributed by atoms with Crippen molar-refractivity contribution in [2.45, 2.75) is 0 Å².